The Kier molecular flexibility index (Phi) is 6.46. The minimum absolute atomic E-state index is 0.197. The molecular formula is C19H19FN2O5S2. The van der Waals surface area contributed by atoms with Gasteiger partial charge >= 0.3 is 0 Å². The lowest BCUT2D eigenvalue weighted by molar-refractivity contribution is -0.120. The number of fused-ring (bicyclic) bond motifs is 1. The molecule has 0 saturated heterocycles. The maximum Gasteiger partial charge on any atom is 0.286 e. The number of aromatic nitrogens is 1. The number of halogens is 1. The summed E-state index contributed by atoms with van der Waals surface area (Å²) in [6.07, 6.45) is 1.14. The molecule has 1 heterocycles. The van der Waals surface area contributed by atoms with Crippen LogP contribution in [0.5, 0.6) is 5.75 Å². The fourth-order valence-electron chi connectivity index (χ4n) is 2.58. The SMILES string of the molecule is COCCn1c(=NC(=O)COc2ccc(F)cc2)sc2cc(S(C)(=O)=O)ccc21. The first kappa shape index (κ1) is 21.2. The highest BCUT2D eigenvalue weighted by molar-refractivity contribution is 7.90. The van der Waals surface area contributed by atoms with Crippen molar-refractivity contribution >= 4 is 37.3 Å². The normalized spacial score (nSPS) is 12.4. The van der Waals surface area contributed by atoms with Gasteiger partial charge in [0.2, 0.25) is 0 Å². The van der Waals surface area contributed by atoms with Crippen molar-refractivity contribution in [3.63, 3.8) is 0 Å². The van der Waals surface area contributed by atoms with Crippen molar-refractivity contribution < 1.29 is 27.1 Å². The van der Waals surface area contributed by atoms with Gasteiger partial charge in [-0.3, -0.25) is 4.79 Å². The van der Waals surface area contributed by atoms with Crippen LogP contribution in [0.25, 0.3) is 10.2 Å². The molecule has 0 fully saturated rings. The summed E-state index contributed by atoms with van der Waals surface area (Å²) in [4.78, 5) is 17.0. The van der Waals surface area contributed by atoms with Gasteiger partial charge in [0, 0.05) is 19.9 Å². The topological polar surface area (TPSA) is 87.0 Å². The second-order valence-corrected chi connectivity index (χ2v) is 9.20. The molecule has 3 aromatic rings. The first-order chi connectivity index (χ1) is 13.8. The van der Waals surface area contributed by atoms with Crippen molar-refractivity contribution in [3.8, 4) is 5.75 Å². The lowest BCUT2D eigenvalue weighted by Gasteiger charge is -2.05. The number of nitrogens with zero attached hydrogens (tertiary/aromatic N) is 2. The average molecular weight is 439 g/mol. The van der Waals surface area contributed by atoms with Gasteiger partial charge in [-0.1, -0.05) is 11.3 Å². The number of ether oxygens (including phenoxy) is 2. The molecule has 0 radical (unpaired) electrons. The molecule has 3 rings (SSSR count). The Morgan fingerprint density at radius 2 is 1.93 bits per heavy atom. The van der Waals surface area contributed by atoms with E-state index in [1.807, 2.05) is 0 Å². The van der Waals surface area contributed by atoms with E-state index >= 15 is 0 Å². The van der Waals surface area contributed by atoms with Crippen LogP contribution in [-0.2, 0) is 25.9 Å². The Hall–Kier alpha value is -2.56. The summed E-state index contributed by atoms with van der Waals surface area (Å²) in [6.45, 7) is 0.533. The number of carbonyl (C=O) groups is 1. The zero-order chi connectivity index (χ0) is 21.0. The van der Waals surface area contributed by atoms with E-state index in [2.05, 4.69) is 4.99 Å². The van der Waals surface area contributed by atoms with Crippen LogP contribution < -0.4 is 9.54 Å². The molecule has 7 nitrogen and oxygen atoms in total. The fourth-order valence-corrected chi connectivity index (χ4v) is 4.42. The van der Waals surface area contributed by atoms with Crippen LogP contribution in [0.4, 0.5) is 4.39 Å². The maximum absolute atomic E-state index is 12.9. The Labute approximate surface area is 171 Å². The number of hydrogen-bond acceptors (Lipinski definition) is 6. The van der Waals surface area contributed by atoms with Crippen LogP contribution in [0.15, 0.2) is 52.4 Å². The fraction of sp³-hybridized carbons (Fsp3) is 0.263. The molecule has 29 heavy (non-hydrogen) atoms. The molecule has 0 aliphatic rings. The molecule has 10 heteroatoms. The highest BCUT2D eigenvalue weighted by Crippen LogP contribution is 2.22. The molecule has 154 valence electrons. The van der Waals surface area contributed by atoms with E-state index in [-0.39, 0.29) is 11.5 Å². The summed E-state index contributed by atoms with van der Waals surface area (Å²) in [6, 6.07) is 10.1. The first-order valence-corrected chi connectivity index (χ1v) is 11.3. The average Bonchev–Trinajstić information content (AvgIpc) is 3.01. The van der Waals surface area contributed by atoms with E-state index < -0.39 is 21.6 Å². The van der Waals surface area contributed by atoms with E-state index in [9.17, 15) is 17.6 Å². The second kappa shape index (κ2) is 8.85. The van der Waals surface area contributed by atoms with E-state index in [0.29, 0.717) is 28.4 Å². The molecule has 0 aliphatic heterocycles. The summed E-state index contributed by atoms with van der Waals surface area (Å²) in [5, 5.41) is 0. The summed E-state index contributed by atoms with van der Waals surface area (Å²) < 4.78 is 49.5. The molecule has 0 N–H and O–H groups in total. The number of benzene rings is 2. The van der Waals surface area contributed by atoms with Gasteiger partial charge < -0.3 is 14.0 Å². The highest BCUT2D eigenvalue weighted by Gasteiger charge is 2.13. The van der Waals surface area contributed by atoms with Crippen LogP contribution in [0.3, 0.4) is 0 Å². The number of sulfone groups is 1. The minimum atomic E-state index is -3.35. The van der Waals surface area contributed by atoms with Crippen molar-refractivity contribution in [2.75, 3.05) is 26.6 Å². The maximum atomic E-state index is 12.9. The predicted molar refractivity (Wildman–Crippen MR) is 107 cm³/mol. The number of rotatable bonds is 7. The van der Waals surface area contributed by atoms with Crippen LogP contribution in [0.2, 0.25) is 0 Å². The Bertz CT molecular complexity index is 1200. The largest absolute Gasteiger partial charge is 0.484 e. The molecule has 0 unspecified atom stereocenters. The lowest BCUT2D eigenvalue weighted by Crippen LogP contribution is -2.21. The smallest absolute Gasteiger partial charge is 0.286 e. The van der Waals surface area contributed by atoms with Crippen molar-refractivity contribution in [2.24, 2.45) is 4.99 Å². The summed E-state index contributed by atoms with van der Waals surface area (Å²) in [5.74, 6) is -0.557. The third kappa shape index (κ3) is 5.28. The molecule has 0 atom stereocenters. The zero-order valence-electron chi connectivity index (χ0n) is 15.8. The first-order valence-electron chi connectivity index (χ1n) is 8.56. The standard InChI is InChI=1S/C19H19FN2O5S2/c1-26-10-9-22-16-8-7-15(29(2,24)25)11-17(16)28-19(22)21-18(23)12-27-14-5-3-13(20)4-6-14/h3-8,11H,9-10,12H2,1-2H3. The summed E-state index contributed by atoms with van der Waals surface area (Å²) in [7, 11) is -1.79. The van der Waals surface area contributed by atoms with Crippen molar-refractivity contribution in [1.82, 2.24) is 4.57 Å². The zero-order valence-corrected chi connectivity index (χ0v) is 17.4. The number of amides is 1. The van der Waals surface area contributed by atoms with Crippen LogP contribution in [0.1, 0.15) is 0 Å². The van der Waals surface area contributed by atoms with Gasteiger partial charge in [-0.05, 0) is 42.5 Å². The number of carbonyl (C=O) groups excluding carboxylic acids is 1. The molecule has 1 aromatic heterocycles. The number of hydrogen-bond donors (Lipinski definition) is 0. The van der Waals surface area contributed by atoms with E-state index in [4.69, 9.17) is 9.47 Å². The van der Waals surface area contributed by atoms with Gasteiger partial charge in [0.1, 0.15) is 11.6 Å². The summed E-state index contributed by atoms with van der Waals surface area (Å²) in [5.41, 5.74) is 0.755. The van der Waals surface area contributed by atoms with Gasteiger partial charge in [-0.15, -0.1) is 0 Å². The molecule has 0 bridgehead atoms. The Morgan fingerprint density at radius 3 is 2.59 bits per heavy atom. The number of thiazole rings is 1. The van der Waals surface area contributed by atoms with E-state index in [1.165, 1.54) is 41.7 Å². The van der Waals surface area contributed by atoms with Crippen molar-refractivity contribution in [2.45, 2.75) is 11.4 Å². The molecule has 0 aliphatic carbocycles. The Morgan fingerprint density at radius 1 is 1.21 bits per heavy atom. The quantitative estimate of drug-likeness (QED) is 0.565. The van der Waals surface area contributed by atoms with E-state index in [0.717, 1.165) is 11.8 Å². The Balaban J connectivity index is 1.92. The van der Waals surface area contributed by atoms with Crippen molar-refractivity contribution in [3.05, 3.63) is 53.1 Å². The predicted octanol–water partition coefficient (Wildman–Crippen LogP) is 2.40. The molecule has 0 saturated carbocycles. The van der Waals surface area contributed by atoms with Gasteiger partial charge in [-0.25, -0.2) is 12.8 Å². The molecule has 1 amide bonds. The lowest BCUT2D eigenvalue weighted by atomic mass is 10.3. The van der Waals surface area contributed by atoms with Gasteiger partial charge in [0.15, 0.2) is 21.2 Å². The van der Waals surface area contributed by atoms with E-state index in [1.54, 1.807) is 23.8 Å². The number of methoxy groups -OCH3 is 1. The van der Waals surface area contributed by atoms with Gasteiger partial charge in [-0.2, -0.15) is 4.99 Å². The van der Waals surface area contributed by atoms with Crippen molar-refractivity contribution in [1.29, 1.82) is 0 Å². The highest BCUT2D eigenvalue weighted by atomic mass is 32.2. The molecule has 0 spiro atoms. The second-order valence-electron chi connectivity index (χ2n) is 6.18. The van der Waals surface area contributed by atoms with Crippen LogP contribution >= 0.6 is 11.3 Å². The monoisotopic (exact) mass is 438 g/mol. The molecule has 2 aromatic carbocycles. The van der Waals surface area contributed by atoms with Crippen LogP contribution in [0, 0.1) is 5.82 Å². The third-order valence-electron chi connectivity index (χ3n) is 4.00. The van der Waals surface area contributed by atoms with Gasteiger partial charge in [0.25, 0.3) is 5.91 Å². The van der Waals surface area contributed by atoms with Gasteiger partial charge in [0.05, 0.1) is 21.7 Å². The van der Waals surface area contributed by atoms with Crippen LogP contribution in [-0.4, -0.2) is 45.5 Å². The molecular weight excluding hydrogens is 419 g/mol. The summed E-state index contributed by atoms with van der Waals surface area (Å²) >= 11 is 1.21. The third-order valence-corrected chi connectivity index (χ3v) is 6.15. The minimum Gasteiger partial charge on any atom is -0.484 e.